The van der Waals surface area contributed by atoms with E-state index in [4.69, 9.17) is 24.3 Å². The van der Waals surface area contributed by atoms with Crippen molar-refractivity contribution in [1.82, 2.24) is 4.57 Å². The maximum absolute atomic E-state index is 14.1. The fraction of sp³-hybridized carbons (Fsp3) is 0.212. The van der Waals surface area contributed by atoms with Gasteiger partial charge in [-0.1, -0.05) is 59.9 Å². The summed E-state index contributed by atoms with van der Waals surface area (Å²) < 4.78 is 19.1. The zero-order chi connectivity index (χ0) is 31.4. The Bertz CT molecular complexity index is 1910. The van der Waals surface area contributed by atoms with Crippen molar-refractivity contribution in [1.29, 1.82) is 0 Å². The van der Waals surface area contributed by atoms with Gasteiger partial charge in [0.15, 0.2) is 11.4 Å². The SMILES string of the molecule is CCOC(=O)C1=C(c2ccccc2)N=c2s/c(=C\c3ccc(OCC(=O)O)c(Br)c3)c(=O)n2[C@H]1c1ccc(OC(C)C)cc1. The molecule has 0 bridgehead atoms. The standard InChI is InChI=1S/C33H29BrN2O7S/c1-4-41-32(40)28-29(21-8-6-5-7-9-21)35-33-36(30(28)22-11-13-23(14-12-22)43-19(2)3)31(39)26(44-33)17-20-10-15-25(24(34)16-20)42-18-27(37)38/h5-17,19,30H,4,18H2,1-3H3,(H,37,38)/b26-17-/t30-/m0/s1. The van der Waals surface area contributed by atoms with Gasteiger partial charge in [-0.25, -0.2) is 14.6 Å². The van der Waals surface area contributed by atoms with Crippen LogP contribution in [0.4, 0.5) is 0 Å². The van der Waals surface area contributed by atoms with Crippen LogP contribution in [0.5, 0.6) is 11.5 Å². The van der Waals surface area contributed by atoms with Crippen LogP contribution < -0.4 is 24.4 Å². The number of nitrogens with zero attached hydrogens (tertiary/aromatic N) is 2. The second-order valence-corrected chi connectivity index (χ2v) is 11.9. The van der Waals surface area contributed by atoms with Gasteiger partial charge in [-0.15, -0.1) is 0 Å². The molecule has 0 amide bonds. The number of benzene rings is 3. The Hall–Kier alpha value is -4.48. The first-order valence-electron chi connectivity index (χ1n) is 13.9. The summed E-state index contributed by atoms with van der Waals surface area (Å²) in [6.45, 7) is 5.29. The third kappa shape index (κ3) is 6.68. The molecule has 0 saturated carbocycles. The van der Waals surface area contributed by atoms with E-state index in [1.807, 2.05) is 68.4 Å². The molecule has 1 aliphatic heterocycles. The van der Waals surface area contributed by atoms with Crippen molar-refractivity contribution in [3.05, 3.63) is 119 Å². The molecule has 1 atom stereocenters. The molecule has 0 aliphatic carbocycles. The van der Waals surface area contributed by atoms with Gasteiger partial charge >= 0.3 is 11.9 Å². The number of carbonyl (C=O) groups is 2. The van der Waals surface area contributed by atoms with Crippen LogP contribution in [0.1, 0.15) is 43.5 Å². The molecule has 1 N–H and O–H groups in total. The van der Waals surface area contributed by atoms with Gasteiger partial charge in [0.25, 0.3) is 5.56 Å². The zero-order valence-corrected chi connectivity index (χ0v) is 26.6. The van der Waals surface area contributed by atoms with Crippen molar-refractivity contribution in [2.75, 3.05) is 13.2 Å². The fourth-order valence-corrected chi connectivity index (χ4v) is 6.28. The number of ether oxygens (including phenoxy) is 3. The Labute approximate surface area is 265 Å². The average molecular weight is 678 g/mol. The summed E-state index contributed by atoms with van der Waals surface area (Å²) in [6, 6.07) is 21.0. The highest BCUT2D eigenvalue weighted by molar-refractivity contribution is 9.10. The van der Waals surface area contributed by atoms with Crippen LogP contribution in [-0.2, 0) is 14.3 Å². The molecule has 0 radical (unpaired) electrons. The van der Waals surface area contributed by atoms with Crippen LogP contribution in [-0.4, -0.2) is 40.9 Å². The molecular weight excluding hydrogens is 648 g/mol. The number of thiazole rings is 1. The minimum Gasteiger partial charge on any atom is -0.491 e. The monoisotopic (exact) mass is 676 g/mol. The predicted octanol–water partition coefficient (Wildman–Crippen LogP) is 4.95. The number of carboxylic acids is 1. The molecule has 226 valence electrons. The van der Waals surface area contributed by atoms with Gasteiger partial charge in [0, 0.05) is 5.56 Å². The topological polar surface area (TPSA) is 116 Å². The maximum atomic E-state index is 14.1. The third-order valence-electron chi connectivity index (χ3n) is 6.55. The van der Waals surface area contributed by atoms with Crippen molar-refractivity contribution in [3.63, 3.8) is 0 Å². The maximum Gasteiger partial charge on any atom is 0.341 e. The Kier molecular flexibility index (Phi) is 9.46. The van der Waals surface area contributed by atoms with Crippen molar-refractivity contribution >= 4 is 51.0 Å². The Morgan fingerprint density at radius 1 is 1.09 bits per heavy atom. The molecule has 0 fully saturated rings. The number of aliphatic carboxylic acids is 1. The summed E-state index contributed by atoms with van der Waals surface area (Å²) in [5.41, 5.74) is 2.48. The van der Waals surface area contributed by atoms with Crippen molar-refractivity contribution < 1.29 is 28.9 Å². The summed E-state index contributed by atoms with van der Waals surface area (Å²) in [4.78, 5) is 43.9. The van der Waals surface area contributed by atoms with E-state index < -0.39 is 24.6 Å². The molecule has 0 unspecified atom stereocenters. The van der Waals surface area contributed by atoms with E-state index in [0.717, 1.165) is 5.56 Å². The lowest BCUT2D eigenvalue weighted by Crippen LogP contribution is -2.40. The molecule has 2 heterocycles. The van der Waals surface area contributed by atoms with Crippen LogP contribution in [0.25, 0.3) is 11.8 Å². The minimum atomic E-state index is -1.09. The molecule has 1 aromatic heterocycles. The molecule has 0 saturated heterocycles. The summed E-state index contributed by atoms with van der Waals surface area (Å²) in [6.07, 6.45) is 1.71. The van der Waals surface area contributed by atoms with E-state index in [0.29, 0.717) is 42.1 Å². The number of halogens is 1. The van der Waals surface area contributed by atoms with Gasteiger partial charge in [0.2, 0.25) is 0 Å². The number of rotatable bonds is 10. The summed E-state index contributed by atoms with van der Waals surface area (Å²) in [5.74, 6) is -0.612. The van der Waals surface area contributed by atoms with E-state index in [9.17, 15) is 14.4 Å². The fourth-order valence-electron chi connectivity index (χ4n) is 4.77. The summed E-state index contributed by atoms with van der Waals surface area (Å²) in [5, 5.41) is 8.92. The Balaban J connectivity index is 1.70. The lowest BCUT2D eigenvalue weighted by Gasteiger charge is -2.26. The normalized spacial score (nSPS) is 14.7. The van der Waals surface area contributed by atoms with Crippen LogP contribution in [0.3, 0.4) is 0 Å². The molecule has 44 heavy (non-hydrogen) atoms. The van der Waals surface area contributed by atoms with Gasteiger partial charge in [0.1, 0.15) is 11.5 Å². The molecule has 9 nitrogen and oxygen atoms in total. The van der Waals surface area contributed by atoms with E-state index in [1.54, 1.807) is 31.2 Å². The molecule has 1 aliphatic rings. The Morgan fingerprint density at radius 2 is 1.82 bits per heavy atom. The highest BCUT2D eigenvalue weighted by atomic mass is 79.9. The zero-order valence-electron chi connectivity index (χ0n) is 24.2. The highest BCUT2D eigenvalue weighted by Gasteiger charge is 2.35. The molecule has 5 rings (SSSR count). The van der Waals surface area contributed by atoms with E-state index in [1.165, 1.54) is 15.9 Å². The van der Waals surface area contributed by atoms with E-state index in [2.05, 4.69) is 15.9 Å². The van der Waals surface area contributed by atoms with Crippen LogP contribution in [0, 0.1) is 0 Å². The lowest BCUT2D eigenvalue weighted by atomic mass is 9.93. The van der Waals surface area contributed by atoms with Crippen LogP contribution in [0.15, 0.2) is 92.6 Å². The number of hydrogen-bond donors (Lipinski definition) is 1. The minimum absolute atomic E-state index is 0.0176. The number of fused-ring (bicyclic) bond motifs is 1. The first-order chi connectivity index (χ1) is 21.2. The summed E-state index contributed by atoms with van der Waals surface area (Å²) in [7, 11) is 0. The quantitative estimate of drug-likeness (QED) is 0.236. The van der Waals surface area contributed by atoms with Crippen LogP contribution >= 0.6 is 27.3 Å². The predicted molar refractivity (Wildman–Crippen MR) is 171 cm³/mol. The first kappa shape index (κ1) is 31.0. The van der Waals surface area contributed by atoms with Gasteiger partial charge < -0.3 is 19.3 Å². The smallest absolute Gasteiger partial charge is 0.341 e. The molecule has 11 heteroatoms. The first-order valence-corrected chi connectivity index (χ1v) is 15.5. The largest absolute Gasteiger partial charge is 0.491 e. The number of carboxylic acid groups (broad SMARTS) is 1. The van der Waals surface area contributed by atoms with Crippen molar-refractivity contribution in [2.45, 2.75) is 32.9 Å². The number of hydrogen-bond acceptors (Lipinski definition) is 8. The average Bonchev–Trinajstić information content (AvgIpc) is 3.30. The molecule has 0 spiro atoms. The number of carbonyl (C=O) groups excluding carboxylic acids is 1. The van der Waals surface area contributed by atoms with Gasteiger partial charge in [0.05, 0.1) is 39.0 Å². The number of aromatic nitrogens is 1. The van der Waals surface area contributed by atoms with Gasteiger partial charge in [-0.2, -0.15) is 0 Å². The van der Waals surface area contributed by atoms with E-state index >= 15 is 0 Å². The molecule has 4 aromatic rings. The summed E-state index contributed by atoms with van der Waals surface area (Å²) >= 11 is 4.62. The number of esters is 1. The van der Waals surface area contributed by atoms with Gasteiger partial charge in [-0.3, -0.25) is 9.36 Å². The third-order valence-corrected chi connectivity index (χ3v) is 8.15. The van der Waals surface area contributed by atoms with Crippen molar-refractivity contribution in [2.24, 2.45) is 4.99 Å². The van der Waals surface area contributed by atoms with Gasteiger partial charge in [-0.05, 0) is 78.2 Å². The van der Waals surface area contributed by atoms with E-state index in [-0.39, 0.29) is 23.8 Å². The second-order valence-electron chi connectivity index (χ2n) is 10.0. The second kappa shape index (κ2) is 13.4. The highest BCUT2D eigenvalue weighted by Crippen LogP contribution is 2.36. The lowest BCUT2D eigenvalue weighted by molar-refractivity contribution is -0.140. The Morgan fingerprint density at radius 3 is 2.45 bits per heavy atom. The van der Waals surface area contributed by atoms with Crippen molar-refractivity contribution in [3.8, 4) is 11.5 Å². The molecular formula is C33H29BrN2O7S. The van der Waals surface area contributed by atoms with Crippen LogP contribution in [0.2, 0.25) is 0 Å². The molecule has 3 aromatic carbocycles.